The molecule has 4 aromatic heterocycles. The summed E-state index contributed by atoms with van der Waals surface area (Å²) < 4.78 is 196. The van der Waals surface area contributed by atoms with Crippen LogP contribution in [0, 0.1) is 23.7 Å². The van der Waals surface area contributed by atoms with Gasteiger partial charge < -0.3 is 134 Å². The number of carbonyl (C=O) groups excluding carboxylic acids is 4. The van der Waals surface area contributed by atoms with Gasteiger partial charge in [-0.05, 0) is 40.0 Å². The topological polar surface area (TPSA) is 902 Å². The fourth-order valence-electron chi connectivity index (χ4n) is 12.4. The molecule has 0 radical (unpaired) electrons. The van der Waals surface area contributed by atoms with Gasteiger partial charge in [0, 0.05) is 143 Å². The smallest absolute Gasteiger partial charge is 0.478 e. The molecule has 8 rings (SSSR count). The Morgan fingerprint density at radius 3 is 0.849 bits per heavy atom. The second-order valence-electron chi connectivity index (χ2n) is 28.0. The minimum absolute atomic E-state index is 0. The van der Waals surface area contributed by atoms with Gasteiger partial charge in [0.15, 0.2) is 49.3 Å². The van der Waals surface area contributed by atoms with Crippen LogP contribution in [0.25, 0.3) is 0 Å². The molecule has 0 spiro atoms. The van der Waals surface area contributed by atoms with Gasteiger partial charge in [-0.25, -0.2) is 45.8 Å². The maximum atomic E-state index is 12.2. The van der Waals surface area contributed by atoms with E-state index in [0.717, 1.165) is 62.7 Å². The Hall–Kier alpha value is -6.53. The van der Waals surface area contributed by atoms with Crippen LogP contribution in [0.5, 0.6) is 0 Å². The van der Waals surface area contributed by atoms with Gasteiger partial charge in [-0.3, -0.25) is 118 Å². The summed E-state index contributed by atoms with van der Waals surface area (Å²) in [5, 5.41) is 34.2. The van der Waals surface area contributed by atoms with Crippen molar-refractivity contribution in [1.82, 2.24) is 38.2 Å². The van der Waals surface area contributed by atoms with Crippen molar-refractivity contribution in [3.63, 3.8) is 0 Å². The zero-order valence-corrected chi connectivity index (χ0v) is 84.8. The number of H-pyrrole nitrogens is 4. The maximum Gasteiger partial charge on any atom is 0.478 e. The van der Waals surface area contributed by atoms with Crippen LogP contribution >= 0.6 is 69.7 Å². The number of aromatic amines is 4. The number of phosphoric acid groups is 6. The number of phosphoric ester groups is 3. The Balaban J connectivity index is 0.00000166. The Bertz CT molecular complexity index is 5370. The first-order valence-electron chi connectivity index (χ1n) is 39.9. The molecule has 15 N–H and O–H groups in total. The Morgan fingerprint density at radius 2 is 0.633 bits per heavy atom. The lowest BCUT2D eigenvalue weighted by Crippen LogP contribution is -3.11. The highest BCUT2D eigenvalue weighted by molar-refractivity contribution is 7.65. The summed E-state index contributed by atoms with van der Waals surface area (Å²) in [5.41, 5.74) is -5.68. The van der Waals surface area contributed by atoms with Gasteiger partial charge in [0.1, 0.15) is 19.0 Å². The third-order valence-electron chi connectivity index (χ3n) is 19.0. The summed E-state index contributed by atoms with van der Waals surface area (Å²) in [6.45, 7) is 19.7. The quantitative estimate of drug-likeness (QED) is 0.0128. The number of nitrogens with zero attached hydrogens (tertiary/aromatic N) is 4. The van der Waals surface area contributed by atoms with Gasteiger partial charge >= 0.3 is 92.9 Å². The number of aromatic nitrogens is 8. The van der Waals surface area contributed by atoms with E-state index in [1.165, 1.54) is 94.6 Å². The number of rotatable bonds is 39. The number of aliphatic hydroxyl groups is 4. The van der Waals surface area contributed by atoms with E-state index >= 15 is 0 Å². The molecule has 804 valence electrons. The number of quaternary nitrogens is 1. The molecule has 4 fully saturated rings. The first-order valence-corrected chi connectivity index (χ1v) is 54.1. The first kappa shape index (κ1) is 132. The highest BCUT2D eigenvalue weighted by Gasteiger charge is 2.52. The lowest BCUT2D eigenvalue weighted by molar-refractivity contribution is -0.894. The number of hydrogen-bond donors (Lipinski definition) is 15. The minimum Gasteiger partial charge on any atom is -0.756 e. The van der Waals surface area contributed by atoms with Gasteiger partial charge in [-0.1, -0.05) is 35.1 Å². The second kappa shape index (κ2) is 61.0. The zero-order chi connectivity index (χ0) is 106. The van der Waals surface area contributed by atoms with Gasteiger partial charge in [0.2, 0.25) is 0 Å². The largest absolute Gasteiger partial charge is 0.756 e. The minimum atomic E-state index is -6.02. The van der Waals surface area contributed by atoms with Crippen molar-refractivity contribution in [2.45, 2.75) is 177 Å². The van der Waals surface area contributed by atoms with E-state index in [9.17, 15) is 128 Å². The van der Waals surface area contributed by atoms with Crippen LogP contribution in [0.1, 0.15) is 128 Å². The van der Waals surface area contributed by atoms with Gasteiger partial charge in [0.05, 0.1) is 70.5 Å². The molecule has 63 nitrogen and oxygen atoms in total. The molecule has 0 aliphatic carbocycles. The van der Waals surface area contributed by atoms with Crippen molar-refractivity contribution in [2.75, 3.05) is 108 Å². The predicted octanol–water partition coefficient (Wildman–Crippen LogP) is -2.21. The molecule has 4 saturated heterocycles. The number of hydrogen-bond acceptors (Lipinski definition) is 48. The van der Waals surface area contributed by atoms with Crippen molar-refractivity contribution in [3.8, 4) is 0 Å². The van der Waals surface area contributed by atoms with E-state index < -0.39 is 269 Å². The number of nitrogens with one attached hydrogen (secondary N) is 5. The SMILES string of the molecule is C.CC(=O)O[C@@H]1[C@H](C)[C@@H](COP(=O)(O)O)O[C@H]1n1ccc(=O)[nH]c1=O.CC[C@H]1[C@@H](OC(C)=O)[C@H](n2ccc(=O)[nH]c2=O)O[C@@H]1CO.CC[C@H]1[C@@H](OC(C)=O)[C@H](n2ccc(=O)[nH]c2=O)O[C@@H]1COP(=O)(O)OP(=O)([O-])O.CC[C@H]1[C@@H](OC(C)=O)[C@H](n2ccc(=O)[nH]c2=O)O[C@@H]1COP(=O)(O)OP(=O)([O-])OP(=O)([O-])O.CC[NH+](CC)CC.COP(=O)(CO)OC.COP(=O)(CO)OC.COP(=O)(CO)OC. The molecule has 4 aliphatic rings. The van der Waals surface area contributed by atoms with Crippen molar-refractivity contribution >= 4 is 93.6 Å². The second-order valence-corrected chi connectivity index (χ2v) is 43.1. The van der Waals surface area contributed by atoms with Crippen LogP contribution in [0.15, 0.2) is 87.4 Å². The van der Waals surface area contributed by atoms with Crippen molar-refractivity contribution < 1.29 is 221 Å². The number of carbonyl (C=O) groups is 4. The average molecular weight is 2190 g/mol. The molecule has 5 unspecified atom stereocenters. The van der Waals surface area contributed by atoms with E-state index in [4.69, 9.17) is 72.8 Å². The van der Waals surface area contributed by atoms with E-state index in [2.05, 4.69) is 84.4 Å². The van der Waals surface area contributed by atoms with E-state index in [-0.39, 0.29) is 26.4 Å². The lowest BCUT2D eigenvalue weighted by atomic mass is 9.95. The standard InChI is InChI=1S/C13H21N2O15P3.C13H20N2O12P2.C13H18N2O6.C12H17N2O9P.C6H15N.3C3H9O4P.CH4/c1-3-8-9(6-26-32(22,23)30-33(24,25)29-31(19,20)21)28-12(11(8)27-7(2)16)15-5-4-10(17)14-13(15)18;1-3-8-9(6-24-29(22,23)27-28(19,20)21)26-12(11(8)25-7(2)16)15-5-4-10(17)14-13(15)18;1-3-8-9(6-16)21-12(11(8)20-7(2)17)15-5-4-10(18)14-13(15)19;1-6-8(5-21-24(18,19)20)23-11(10(6)22-7(2)15)14-4-3-9(16)13-12(14)17;1-4-7(5-2)6-3;3*1-6-8(5,3-4)7-2;/h4-5,8-9,11-12H,3,6H2,1-2H3,(H,22,23)(H,24,25)(H,14,17,18)(H2,19,20,21);4-5,8-9,11-12H,3,6H2,1-2H3,(H,22,23)(H,14,17,18)(H2,19,20,21);4-5,8-9,11-12,16H,3,6H2,1-2H3,(H,14,18,19);3-4,6,8,10-11H,5H2,1-2H3,(H,13,16,17)(H2,18,19,20);4-6H2,1-3H3;3*4H,3H2,1-2H3;1H4/p-2/t3*8-,9-,11-,12-;6-,8-,10-,11-;;;;;/m1111...../s1. The molecule has 0 bridgehead atoms. The van der Waals surface area contributed by atoms with Crippen LogP contribution in [0.2, 0.25) is 0 Å². The molecule has 0 saturated carbocycles. The maximum absolute atomic E-state index is 12.2. The molecule has 4 aromatic rings. The Kier molecular flexibility index (Phi) is 58.2. The summed E-state index contributed by atoms with van der Waals surface area (Å²) in [6, 6.07) is 4.32. The van der Waals surface area contributed by atoms with Crippen LogP contribution in [0.4, 0.5) is 0 Å². The molecule has 21 atom stereocenters. The highest BCUT2D eigenvalue weighted by Crippen LogP contribution is 2.64. The fraction of sp³-hybridized carbons (Fsp3) is 0.701. The van der Waals surface area contributed by atoms with Crippen molar-refractivity contribution in [3.05, 3.63) is 132 Å². The highest BCUT2D eigenvalue weighted by atomic mass is 31.3. The van der Waals surface area contributed by atoms with E-state index in [0.29, 0.717) is 12.8 Å². The van der Waals surface area contributed by atoms with E-state index in [1.807, 2.05) is 16.9 Å². The van der Waals surface area contributed by atoms with Crippen LogP contribution in [0.3, 0.4) is 0 Å². The summed E-state index contributed by atoms with van der Waals surface area (Å²) >= 11 is 0. The third-order valence-corrected chi connectivity index (χ3v) is 29.7. The van der Waals surface area contributed by atoms with Gasteiger partial charge in [-0.2, -0.15) is 0 Å². The molecule has 72 heteroatoms. The number of aliphatic hydroxyl groups excluding tert-OH is 4. The molecule has 139 heavy (non-hydrogen) atoms. The summed E-state index contributed by atoms with van der Waals surface area (Å²) in [4.78, 5) is 234. The first-order chi connectivity index (χ1) is 63.8. The zero-order valence-electron chi connectivity index (χ0n) is 76.8. The lowest BCUT2D eigenvalue weighted by Gasteiger charge is -2.28. The van der Waals surface area contributed by atoms with Crippen molar-refractivity contribution in [1.29, 1.82) is 0 Å². The summed E-state index contributed by atoms with van der Waals surface area (Å²) in [6.07, 6.45) is -7.74. The molecule has 0 aromatic carbocycles. The number of ether oxygens (including phenoxy) is 8. The molecule has 8 heterocycles. The van der Waals surface area contributed by atoms with E-state index in [1.54, 1.807) is 25.7 Å². The summed E-state index contributed by atoms with van der Waals surface area (Å²) in [7, 11) is -34.8. The molecular formula is C67H120N9O54P9-2. The third kappa shape index (κ3) is 46.2. The van der Waals surface area contributed by atoms with Gasteiger partial charge in [0.25, 0.3) is 45.7 Å². The Labute approximate surface area is 790 Å². The summed E-state index contributed by atoms with van der Waals surface area (Å²) in [5.74, 6) is -4.71. The monoisotopic (exact) mass is 2190 g/mol. The fourth-order valence-corrected chi connectivity index (χ4v) is 18.4. The predicted molar refractivity (Wildman–Crippen MR) is 466 cm³/mol. The van der Waals surface area contributed by atoms with Gasteiger partial charge in [-0.15, -0.1) is 0 Å². The molecule has 4 aliphatic heterocycles. The Morgan fingerprint density at radius 1 is 0.388 bits per heavy atom. The van der Waals surface area contributed by atoms with Crippen LogP contribution in [-0.4, -0.2) is 268 Å². The molecular weight excluding hydrogens is 2070 g/mol. The molecule has 0 amide bonds. The van der Waals surface area contributed by atoms with Crippen molar-refractivity contribution in [2.24, 2.45) is 23.7 Å². The number of esters is 4. The van der Waals surface area contributed by atoms with Crippen LogP contribution < -0.4 is 64.6 Å². The van der Waals surface area contributed by atoms with Crippen LogP contribution in [-0.2, 0) is 152 Å². The average Bonchev–Trinajstić information content (AvgIpc) is 1.65. The normalized spacial score (nSPS) is 24.3.